The summed E-state index contributed by atoms with van der Waals surface area (Å²) in [4.78, 5) is 22.4. The third-order valence-electron chi connectivity index (χ3n) is 2.84. The van der Waals surface area contributed by atoms with E-state index in [1.807, 2.05) is 0 Å². The number of nitrogens with one attached hydrogen (secondary N) is 1. The van der Waals surface area contributed by atoms with Gasteiger partial charge in [-0.3, -0.25) is 14.9 Å². The van der Waals surface area contributed by atoms with E-state index in [9.17, 15) is 19.3 Å². The summed E-state index contributed by atoms with van der Waals surface area (Å²) in [5.74, 6) is -1.03. The zero-order valence-electron chi connectivity index (χ0n) is 10.9. The molecule has 0 unspecified atom stereocenters. The third-order valence-corrected chi connectivity index (χ3v) is 3.07. The van der Waals surface area contributed by atoms with Crippen LogP contribution in [0, 0.1) is 22.9 Å². The van der Waals surface area contributed by atoms with E-state index in [-0.39, 0.29) is 22.0 Å². The van der Waals surface area contributed by atoms with Crippen molar-refractivity contribution in [3.8, 4) is 0 Å². The third kappa shape index (κ3) is 3.35. The van der Waals surface area contributed by atoms with Crippen molar-refractivity contribution in [1.29, 1.82) is 0 Å². The van der Waals surface area contributed by atoms with Gasteiger partial charge in [-0.05, 0) is 42.8 Å². The van der Waals surface area contributed by atoms with E-state index in [0.717, 1.165) is 6.07 Å². The Bertz CT molecular complexity index is 734. The van der Waals surface area contributed by atoms with Crippen molar-refractivity contribution in [2.45, 2.75) is 6.92 Å². The summed E-state index contributed by atoms with van der Waals surface area (Å²) in [5.41, 5.74) is 0.372. The van der Waals surface area contributed by atoms with Gasteiger partial charge in [0.1, 0.15) is 11.5 Å². The SMILES string of the molecule is Cc1cc(F)ccc1C(=O)Nc1cc(Cl)ccc1[N+](=O)[O-]. The summed E-state index contributed by atoms with van der Waals surface area (Å²) in [6, 6.07) is 7.52. The predicted molar refractivity (Wildman–Crippen MR) is 77.2 cm³/mol. The Morgan fingerprint density at radius 2 is 2.00 bits per heavy atom. The monoisotopic (exact) mass is 308 g/mol. The molecule has 2 aromatic rings. The molecule has 0 saturated heterocycles. The topological polar surface area (TPSA) is 72.2 Å². The standard InChI is InChI=1S/C14H10ClFN2O3/c1-8-6-10(16)3-4-11(8)14(19)17-12-7-9(15)2-5-13(12)18(20)21/h2-7H,1H3,(H,17,19). The summed E-state index contributed by atoms with van der Waals surface area (Å²) in [5, 5.41) is 13.6. The zero-order chi connectivity index (χ0) is 15.6. The Labute approximate surface area is 124 Å². The van der Waals surface area contributed by atoms with Crippen LogP contribution in [0.5, 0.6) is 0 Å². The van der Waals surface area contributed by atoms with Gasteiger partial charge >= 0.3 is 0 Å². The summed E-state index contributed by atoms with van der Waals surface area (Å²) >= 11 is 5.78. The largest absolute Gasteiger partial charge is 0.316 e. The van der Waals surface area contributed by atoms with E-state index < -0.39 is 16.6 Å². The molecule has 2 rings (SSSR count). The Kier molecular flexibility index (Phi) is 4.18. The van der Waals surface area contributed by atoms with E-state index in [4.69, 9.17) is 11.6 Å². The highest BCUT2D eigenvalue weighted by Crippen LogP contribution is 2.28. The lowest BCUT2D eigenvalue weighted by atomic mass is 10.1. The minimum absolute atomic E-state index is 0.0128. The summed E-state index contributed by atoms with van der Waals surface area (Å²) in [7, 11) is 0. The molecule has 0 saturated carbocycles. The van der Waals surface area contributed by atoms with Crippen LogP contribution in [-0.4, -0.2) is 10.8 Å². The second-order valence-electron chi connectivity index (χ2n) is 4.33. The van der Waals surface area contributed by atoms with Crippen LogP contribution < -0.4 is 5.32 Å². The lowest BCUT2D eigenvalue weighted by Crippen LogP contribution is -2.14. The maximum Gasteiger partial charge on any atom is 0.292 e. The number of rotatable bonds is 3. The van der Waals surface area contributed by atoms with Crippen molar-refractivity contribution in [2.24, 2.45) is 0 Å². The number of carbonyl (C=O) groups is 1. The van der Waals surface area contributed by atoms with E-state index in [2.05, 4.69) is 5.32 Å². The molecule has 1 N–H and O–H groups in total. The van der Waals surface area contributed by atoms with Crippen molar-refractivity contribution < 1.29 is 14.1 Å². The molecule has 0 bridgehead atoms. The molecule has 108 valence electrons. The van der Waals surface area contributed by atoms with Gasteiger partial charge in [-0.25, -0.2) is 4.39 Å². The molecule has 0 aliphatic heterocycles. The highest BCUT2D eigenvalue weighted by molar-refractivity contribution is 6.31. The van der Waals surface area contributed by atoms with Crippen LogP contribution in [0.4, 0.5) is 15.8 Å². The van der Waals surface area contributed by atoms with Crippen molar-refractivity contribution in [3.63, 3.8) is 0 Å². The van der Waals surface area contributed by atoms with Crippen molar-refractivity contribution >= 4 is 28.9 Å². The van der Waals surface area contributed by atoms with Crippen LogP contribution >= 0.6 is 11.6 Å². The van der Waals surface area contributed by atoms with Gasteiger partial charge in [0.25, 0.3) is 11.6 Å². The average Bonchev–Trinajstić information content (AvgIpc) is 2.37. The zero-order valence-corrected chi connectivity index (χ0v) is 11.6. The fraction of sp³-hybridized carbons (Fsp3) is 0.0714. The molecule has 2 aromatic carbocycles. The van der Waals surface area contributed by atoms with Crippen LogP contribution in [0.3, 0.4) is 0 Å². The number of hydrogen-bond donors (Lipinski definition) is 1. The van der Waals surface area contributed by atoms with Gasteiger partial charge in [-0.1, -0.05) is 11.6 Å². The molecule has 0 fully saturated rings. The molecule has 21 heavy (non-hydrogen) atoms. The number of nitrogens with zero attached hydrogens (tertiary/aromatic N) is 1. The van der Waals surface area contributed by atoms with Crippen molar-refractivity contribution in [3.05, 3.63) is 68.5 Å². The summed E-state index contributed by atoms with van der Waals surface area (Å²) in [6.45, 7) is 1.57. The molecule has 5 nitrogen and oxygen atoms in total. The lowest BCUT2D eigenvalue weighted by molar-refractivity contribution is -0.383. The van der Waals surface area contributed by atoms with E-state index in [1.165, 1.54) is 30.3 Å². The van der Waals surface area contributed by atoms with Crippen LogP contribution in [0.25, 0.3) is 0 Å². The van der Waals surface area contributed by atoms with E-state index >= 15 is 0 Å². The van der Waals surface area contributed by atoms with E-state index in [0.29, 0.717) is 5.56 Å². The first-order valence-corrected chi connectivity index (χ1v) is 6.27. The second-order valence-corrected chi connectivity index (χ2v) is 4.77. The first-order chi connectivity index (χ1) is 9.88. The van der Waals surface area contributed by atoms with Crippen LogP contribution in [0.15, 0.2) is 36.4 Å². The lowest BCUT2D eigenvalue weighted by Gasteiger charge is -2.08. The van der Waals surface area contributed by atoms with Crippen molar-refractivity contribution in [2.75, 3.05) is 5.32 Å². The second kappa shape index (κ2) is 5.88. The highest BCUT2D eigenvalue weighted by Gasteiger charge is 2.18. The molecule has 0 radical (unpaired) electrons. The Morgan fingerprint density at radius 3 is 2.62 bits per heavy atom. The molecular formula is C14H10ClFN2O3. The van der Waals surface area contributed by atoms with Crippen LogP contribution in [0.1, 0.15) is 15.9 Å². The normalized spacial score (nSPS) is 10.2. The Hall–Kier alpha value is -2.47. The van der Waals surface area contributed by atoms with Crippen molar-refractivity contribution in [1.82, 2.24) is 0 Å². The number of amides is 1. The van der Waals surface area contributed by atoms with Gasteiger partial charge in [0.15, 0.2) is 0 Å². The fourth-order valence-electron chi connectivity index (χ4n) is 1.84. The molecule has 0 spiro atoms. The molecule has 1 amide bonds. The first kappa shape index (κ1) is 14.9. The first-order valence-electron chi connectivity index (χ1n) is 5.90. The number of carbonyl (C=O) groups excluding carboxylic acids is 1. The van der Waals surface area contributed by atoms with Gasteiger partial charge in [0.2, 0.25) is 0 Å². The average molecular weight is 309 g/mol. The van der Waals surface area contributed by atoms with Crippen LogP contribution in [0.2, 0.25) is 5.02 Å². The Balaban J connectivity index is 2.35. The van der Waals surface area contributed by atoms with Gasteiger partial charge in [0, 0.05) is 16.7 Å². The van der Waals surface area contributed by atoms with Gasteiger partial charge in [0.05, 0.1) is 4.92 Å². The number of hydrogen-bond acceptors (Lipinski definition) is 3. The Morgan fingerprint density at radius 1 is 1.29 bits per heavy atom. The molecule has 0 aliphatic carbocycles. The molecule has 0 aliphatic rings. The van der Waals surface area contributed by atoms with Gasteiger partial charge < -0.3 is 5.32 Å². The maximum atomic E-state index is 13.0. The quantitative estimate of drug-likeness (QED) is 0.689. The molecule has 7 heteroatoms. The number of anilines is 1. The highest BCUT2D eigenvalue weighted by atomic mass is 35.5. The molecule has 0 atom stereocenters. The van der Waals surface area contributed by atoms with Crippen LogP contribution in [-0.2, 0) is 0 Å². The minimum Gasteiger partial charge on any atom is -0.316 e. The number of halogens is 2. The summed E-state index contributed by atoms with van der Waals surface area (Å²) < 4.78 is 13.0. The number of aryl methyl sites for hydroxylation is 1. The molecule has 0 heterocycles. The fourth-order valence-corrected chi connectivity index (χ4v) is 2.01. The van der Waals surface area contributed by atoms with E-state index in [1.54, 1.807) is 6.92 Å². The number of benzene rings is 2. The van der Waals surface area contributed by atoms with Gasteiger partial charge in [-0.2, -0.15) is 0 Å². The number of nitro groups is 1. The maximum absolute atomic E-state index is 13.0. The number of nitro benzene ring substituents is 1. The summed E-state index contributed by atoms with van der Waals surface area (Å²) in [6.07, 6.45) is 0. The molecule has 0 aromatic heterocycles. The van der Waals surface area contributed by atoms with Gasteiger partial charge in [-0.15, -0.1) is 0 Å². The molecular weight excluding hydrogens is 299 g/mol. The smallest absolute Gasteiger partial charge is 0.292 e. The minimum atomic E-state index is -0.622. The predicted octanol–water partition coefficient (Wildman–Crippen LogP) is 3.95.